The second-order valence-electron chi connectivity index (χ2n) is 4.58. The minimum absolute atomic E-state index is 0.0866. The van der Waals surface area contributed by atoms with Crippen LogP contribution in [0.3, 0.4) is 0 Å². The predicted octanol–water partition coefficient (Wildman–Crippen LogP) is 3.37. The predicted molar refractivity (Wildman–Crippen MR) is 61.1 cm³/mol. The minimum atomic E-state index is -4.29. The number of ketones is 1. The number of hydrogen-bond donors (Lipinski definition) is 0. The Kier molecular flexibility index (Phi) is 3.43. The third-order valence-corrected chi connectivity index (χ3v) is 3.03. The maximum atomic E-state index is 12.8. The fraction of sp³-hybridized carbons (Fsp3) is 0.462. The lowest BCUT2D eigenvalue weighted by Crippen LogP contribution is -2.39. The van der Waals surface area contributed by atoms with Gasteiger partial charge >= 0.3 is 6.30 Å². The Balaban J connectivity index is 2.09. The van der Waals surface area contributed by atoms with Gasteiger partial charge in [0.05, 0.1) is 0 Å². The van der Waals surface area contributed by atoms with Gasteiger partial charge in [-0.25, -0.2) is 4.90 Å². The highest BCUT2D eigenvalue weighted by Crippen LogP contribution is 2.36. The van der Waals surface area contributed by atoms with E-state index < -0.39 is 6.30 Å². The van der Waals surface area contributed by atoms with E-state index in [-0.39, 0.29) is 18.4 Å². The van der Waals surface area contributed by atoms with Crippen molar-refractivity contribution >= 4 is 5.78 Å². The first kappa shape index (κ1) is 13.1. The molecule has 1 aromatic carbocycles. The van der Waals surface area contributed by atoms with Gasteiger partial charge in [0.1, 0.15) is 0 Å². The zero-order valence-electron chi connectivity index (χ0n) is 10.00. The molecule has 1 aliphatic rings. The molecule has 0 aromatic heterocycles. The summed E-state index contributed by atoms with van der Waals surface area (Å²) in [5, 5.41) is 0. The Morgan fingerprint density at radius 3 is 2.22 bits per heavy atom. The fourth-order valence-electron chi connectivity index (χ4n) is 1.85. The molecule has 0 unspecified atom stereocenters. The van der Waals surface area contributed by atoms with Crippen molar-refractivity contribution in [2.24, 2.45) is 0 Å². The Hall–Kier alpha value is -1.36. The van der Waals surface area contributed by atoms with E-state index in [1.54, 1.807) is 24.3 Å². The van der Waals surface area contributed by atoms with Crippen LogP contribution in [0.25, 0.3) is 0 Å². The molecule has 1 saturated carbocycles. The number of carbonyl (C=O) groups excluding carboxylic acids is 1. The summed E-state index contributed by atoms with van der Waals surface area (Å²) in [7, 11) is 0. The van der Waals surface area contributed by atoms with Crippen molar-refractivity contribution < 1.29 is 18.0 Å². The summed E-state index contributed by atoms with van der Waals surface area (Å²) in [5.41, 5.74) is 1.09. The van der Waals surface area contributed by atoms with E-state index in [4.69, 9.17) is 0 Å². The number of hydrogen-bond acceptors (Lipinski definition) is 2. The van der Waals surface area contributed by atoms with Crippen LogP contribution < -0.4 is 0 Å². The zero-order chi connectivity index (χ0) is 13.3. The van der Waals surface area contributed by atoms with Gasteiger partial charge < -0.3 is 0 Å². The molecule has 5 heteroatoms. The number of rotatable bonds is 4. The Morgan fingerprint density at radius 1 is 1.28 bits per heavy atom. The minimum Gasteiger partial charge on any atom is -0.295 e. The van der Waals surface area contributed by atoms with Crippen molar-refractivity contribution in [1.29, 1.82) is 0 Å². The molecular weight excluding hydrogens is 243 g/mol. The van der Waals surface area contributed by atoms with Crippen molar-refractivity contribution in [3.05, 3.63) is 35.4 Å². The van der Waals surface area contributed by atoms with E-state index in [0.717, 1.165) is 0 Å². The molecule has 0 radical (unpaired) electrons. The number of nitrogens with zero attached hydrogens (tertiary/aromatic N) is 1. The van der Waals surface area contributed by atoms with Gasteiger partial charge in [0, 0.05) is 18.2 Å². The van der Waals surface area contributed by atoms with Crippen LogP contribution in [-0.2, 0) is 6.54 Å². The summed E-state index contributed by atoms with van der Waals surface area (Å²) in [4.78, 5) is 11.6. The van der Waals surface area contributed by atoms with Gasteiger partial charge in [-0.15, -0.1) is 0 Å². The number of Topliss-reactive ketones (excluding diaryl/α,β-unsaturated/α-hetero) is 1. The van der Waals surface area contributed by atoms with Gasteiger partial charge in [0.15, 0.2) is 5.78 Å². The van der Waals surface area contributed by atoms with Crippen LogP contribution in [0.2, 0.25) is 0 Å². The third-order valence-electron chi connectivity index (χ3n) is 3.03. The quantitative estimate of drug-likeness (QED) is 0.609. The molecule has 0 saturated heterocycles. The van der Waals surface area contributed by atoms with Crippen LogP contribution in [0, 0.1) is 0 Å². The SMILES string of the molecule is CC(=O)c1ccc(CN(C2CC2)C(F)(F)F)cc1. The molecule has 1 fully saturated rings. The standard InChI is InChI=1S/C13H14F3NO/c1-9(18)11-4-2-10(3-5-11)8-17(12-6-7-12)13(14,15)16/h2-5,12H,6-8H2,1H3. The van der Waals surface area contributed by atoms with Crippen molar-refractivity contribution in [1.82, 2.24) is 4.90 Å². The lowest BCUT2D eigenvalue weighted by atomic mass is 10.1. The highest BCUT2D eigenvalue weighted by molar-refractivity contribution is 5.93. The molecule has 0 spiro atoms. The number of carbonyl (C=O) groups is 1. The Bertz CT molecular complexity index is 435. The van der Waals surface area contributed by atoms with Gasteiger partial charge in [-0.05, 0) is 25.3 Å². The maximum absolute atomic E-state index is 12.8. The van der Waals surface area contributed by atoms with Gasteiger partial charge in [0.25, 0.3) is 0 Å². The number of benzene rings is 1. The van der Waals surface area contributed by atoms with E-state index in [0.29, 0.717) is 28.9 Å². The second kappa shape index (κ2) is 4.72. The van der Waals surface area contributed by atoms with Gasteiger partial charge in [-0.1, -0.05) is 24.3 Å². The summed E-state index contributed by atoms with van der Waals surface area (Å²) in [5.74, 6) is -0.0866. The largest absolute Gasteiger partial charge is 0.460 e. The summed E-state index contributed by atoms with van der Waals surface area (Å²) in [6.45, 7) is 1.29. The van der Waals surface area contributed by atoms with Crippen LogP contribution in [0.1, 0.15) is 35.7 Å². The molecule has 98 valence electrons. The van der Waals surface area contributed by atoms with E-state index in [2.05, 4.69) is 0 Å². The average molecular weight is 257 g/mol. The first-order valence-electron chi connectivity index (χ1n) is 5.81. The molecule has 2 rings (SSSR count). The smallest absolute Gasteiger partial charge is 0.295 e. The maximum Gasteiger partial charge on any atom is 0.460 e. The lowest BCUT2D eigenvalue weighted by Gasteiger charge is -2.24. The van der Waals surface area contributed by atoms with Gasteiger partial charge in [-0.3, -0.25) is 4.79 Å². The molecule has 1 aromatic rings. The van der Waals surface area contributed by atoms with Crippen LogP contribution in [-0.4, -0.2) is 23.0 Å². The number of alkyl halides is 3. The lowest BCUT2D eigenvalue weighted by molar-refractivity contribution is -0.253. The van der Waals surface area contributed by atoms with Crippen LogP contribution >= 0.6 is 0 Å². The molecule has 0 aliphatic heterocycles. The summed E-state index contributed by atoms with van der Waals surface area (Å²) in [6, 6.07) is 5.92. The molecule has 2 nitrogen and oxygen atoms in total. The van der Waals surface area contributed by atoms with E-state index >= 15 is 0 Å². The molecule has 1 aliphatic carbocycles. The monoisotopic (exact) mass is 257 g/mol. The molecule has 0 amide bonds. The number of halogens is 3. The van der Waals surface area contributed by atoms with Crippen molar-refractivity contribution in [3.8, 4) is 0 Å². The first-order valence-corrected chi connectivity index (χ1v) is 5.81. The molecule has 0 heterocycles. The van der Waals surface area contributed by atoms with Crippen molar-refractivity contribution in [2.75, 3.05) is 0 Å². The van der Waals surface area contributed by atoms with Crippen LogP contribution in [0.4, 0.5) is 13.2 Å². The summed E-state index contributed by atoms with van der Waals surface area (Å²) >= 11 is 0. The topological polar surface area (TPSA) is 20.3 Å². The molecule has 0 N–H and O–H groups in total. The highest BCUT2D eigenvalue weighted by Gasteiger charge is 2.45. The Labute approximate surface area is 103 Å². The highest BCUT2D eigenvalue weighted by atomic mass is 19.4. The van der Waals surface area contributed by atoms with E-state index in [1.165, 1.54) is 6.92 Å². The van der Waals surface area contributed by atoms with Crippen LogP contribution in [0.15, 0.2) is 24.3 Å². The van der Waals surface area contributed by atoms with E-state index in [9.17, 15) is 18.0 Å². The summed E-state index contributed by atoms with van der Waals surface area (Å²) in [6.07, 6.45) is -3.09. The molecule has 0 bridgehead atoms. The average Bonchev–Trinajstić information content (AvgIpc) is 3.08. The van der Waals surface area contributed by atoms with Crippen molar-refractivity contribution in [3.63, 3.8) is 0 Å². The summed E-state index contributed by atoms with van der Waals surface area (Å²) < 4.78 is 38.3. The fourth-order valence-corrected chi connectivity index (χ4v) is 1.85. The van der Waals surface area contributed by atoms with Gasteiger partial charge in [-0.2, -0.15) is 13.2 Å². The molecule has 18 heavy (non-hydrogen) atoms. The second-order valence-corrected chi connectivity index (χ2v) is 4.58. The van der Waals surface area contributed by atoms with E-state index in [1.807, 2.05) is 0 Å². The normalized spacial score (nSPS) is 16.1. The molecule has 0 atom stereocenters. The first-order chi connectivity index (χ1) is 8.38. The van der Waals surface area contributed by atoms with Crippen LogP contribution in [0.5, 0.6) is 0 Å². The Morgan fingerprint density at radius 2 is 1.83 bits per heavy atom. The van der Waals surface area contributed by atoms with Gasteiger partial charge in [0.2, 0.25) is 0 Å². The molecular formula is C13H14F3NO. The zero-order valence-corrected chi connectivity index (χ0v) is 10.00. The van der Waals surface area contributed by atoms with Crippen molar-refractivity contribution in [2.45, 2.75) is 38.7 Å². The third kappa shape index (κ3) is 3.10.